The lowest BCUT2D eigenvalue weighted by atomic mass is 9.79. The molecule has 6 heteroatoms. The quantitative estimate of drug-likeness (QED) is 0.847. The van der Waals surface area contributed by atoms with E-state index in [1.807, 2.05) is 12.1 Å². The fraction of sp³-hybridized carbons (Fsp3) is 0.600. The van der Waals surface area contributed by atoms with Gasteiger partial charge in [0.1, 0.15) is 5.75 Å². The summed E-state index contributed by atoms with van der Waals surface area (Å²) < 4.78 is 5.26. The van der Waals surface area contributed by atoms with E-state index in [1.165, 1.54) is 18.4 Å². The van der Waals surface area contributed by atoms with Crippen molar-refractivity contribution < 1.29 is 14.3 Å². The molecule has 3 N–H and O–H groups in total. The van der Waals surface area contributed by atoms with Crippen molar-refractivity contribution in [3.8, 4) is 5.75 Å². The number of benzene rings is 1. The summed E-state index contributed by atoms with van der Waals surface area (Å²) in [6, 6.07) is 8.11. The molecule has 1 aliphatic heterocycles. The van der Waals surface area contributed by atoms with Crippen molar-refractivity contribution in [2.75, 3.05) is 26.7 Å². The smallest absolute Gasteiger partial charge is 0.317 e. The van der Waals surface area contributed by atoms with Crippen molar-refractivity contribution in [2.24, 2.45) is 11.7 Å². The number of nitrogens with one attached hydrogen (secondary N) is 1. The summed E-state index contributed by atoms with van der Waals surface area (Å²) in [4.78, 5) is 25.8. The molecule has 0 radical (unpaired) electrons. The van der Waals surface area contributed by atoms with Gasteiger partial charge in [0.05, 0.1) is 13.0 Å². The Labute approximate surface area is 155 Å². The van der Waals surface area contributed by atoms with E-state index in [2.05, 4.69) is 17.4 Å². The second kappa shape index (κ2) is 7.98. The van der Waals surface area contributed by atoms with Crippen molar-refractivity contribution >= 4 is 11.9 Å². The molecule has 1 atom stereocenters. The molecule has 2 aliphatic rings. The number of primary amides is 1. The van der Waals surface area contributed by atoms with Gasteiger partial charge in [-0.2, -0.15) is 0 Å². The average Bonchev–Trinajstić information content (AvgIpc) is 3.16. The molecular weight excluding hydrogens is 330 g/mol. The molecule has 6 nitrogen and oxygen atoms in total. The highest BCUT2D eigenvalue weighted by molar-refractivity contribution is 5.79. The van der Waals surface area contributed by atoms with Crippen LogP contribution in [-0.2, 0) is 10.2 Å². The van der Waals surface area contributed by atoms with Gasteiger partial charge in [0.15, 0.2) is 0 Å². The average molecular weight is 359 g/mol. The number of piperidine rings is 1. The van der Waals surface area contributed by atoms with E-state index < -0.39 is 0 Å². The first-order valence-electron chi connectivity index (χ1n) is 9.51. The number of hydrogen-bond donors (Lipinski definition) is 2. The van der Waals surface area contributed by atoms with Gasteiger partial charge in [0.2, 0.25) is 5.91 Å². The summed E-state index contributed by atoms with van der Waals surface area (Å²) in [6.07, 6.45) is 6.09. The molecule has 1 heterocycles. The fourth-order valence-electron chi connectivity index (χ4n) is 4.31. The molecule has 1 aromatic rings. The summed E-state index contributed by atoms with van der Waals surface area (Å²) in [6.45, 7) is 1.73. The number of ether oxygens (including phenoxy) is 1. The number of urea groups is 1. The Balaban J connectivity index is 1.65. The third-order valence-electron chi connectivity index (χ3n) is 5.95. The molecule has 0 bridgehead atoms. The third-order valence-corrected chi connectivity index (χ3v) is 5.95. The zero-order chi connectivity index (χ0) is 18.6. The predicted molar refractivity (Wildman–Crippen MR) is 100 cm³/mol. The van der Waals surface area contributed by atoms with Gasteiger partial charge in [-0.3, -0.25) is 4.79 Å². The van der Waals surface area contributed by atoms with Crippen LogP contribution in [0.15, 0.2) is 24.3 Å². The molecule has 0 aromatic heterocycles. The van der Waals surface area contributed by atoms with Crippen LogP contribution in [0.3, 0.4) is 0 Å². The van der Waals surface area contributed by atoms with Gasteiger partial charge in [-0.15, -0.1) is 0 Å². The third kappa shape index (κ3) is 3.94. The highest BCUT2D eigenvalue weighted by Crippen LogP contribution is 2.41. The monoisotopic (exact) mass is 359 g/mol. The second-order valence-electron chi connectivity index (χ2n) is 7.56. The maximum Gasteiger partial charge on any atom is 0.317 e. The highest BCUT2D eigenvalue weighted by atomic mass is 16.5. The molecule has 1 unspecified atom stereocenters. The van der Waals surface area contributed by atoms with Gasteiger partial charge in [-0.05, 0) is 43.4 Å². The lowest BCUT2D eigenvalue weighted by Crippen LogP contribution is -2.50. The molecule has 1 aliphatic carbocycles. The summed E-state index contributed by atoms with van der Waals surface area (Å²) in [5, 5.41) is 3.13. The molecule has 3 amide bonds. The van der Waals surface area contributed by atoms with E-state index in [-0.39, 0.29) is 23.3 Å². The topological polar surface area (TPSA) is 84.7 Å². The van der Waals surface area contributed by atoms with Gasteiger partial charge in [0.25, 0.3) is 0 Å². The van der Waals surface area contributed by atoms with E-state index in [9.17, 15) is 9.59 Å². The fourth-order valence-corrected chi connectivity index (χ4v) is 4.31. The number of likely N-dealkylation sites (tertiary alicyclic amines) is 1. The van der Waals surface area contributed by atoms with Crippen LogP contribution in [0.2, 0.25) is 0 Å². The Morgan fingerprint density at radius 2 is 1.92 bits per heavy atom. The van der Waals surface area contributed by atoms with Crippen molar-refractivity contribution in [3.05, 3.63) is 29.8 Å². The molecule has 0 spiro atoms. The van der Waals surface area contributed by atoms with Crippen LogP contribution in [-0.4, -0.2) is 43.6 Å². The van der Waals surface area contributed by atoms with Crippen molar-refractivity contribution in [1.29, 1.82) is 0 Å². The summed E-state index contributed by atoms with van der Waals surface area (Å²) in [7, 11) is 1.67. The summed E-state index contributed by atoms with van der Waals surface area (Å²) >= 11 is 0. The molecule has 142 valence electrons. The summed E-state index contributed by atoms with van der Waals surface area (Å²) in [5.74, 6) is 0.307. The van der Waals surface area contributed by atoms with Gasteiger partial charge in [-0.25, -0.2) is 4.79 Å². The first kappa shape index (κ1) is 18.5. The van der Waals surface area contributed by atoms with Gasteiger partial charge in [-0.1, -0.05) is 25.0 Å². The molecule has 3 rings (SSSR count). The number of carbonyl (C=O) groups is 2. The number of nitrogens with two attached hydrogens (primary N) is 1. The molecule has 26 heavy (non-hydrogen) atoms. The lowest BCUT2D eigenvalue weighted by molar-refractivity contribution is -0.123. The standard InChI is InChI=1S/C20H29N3O3/c1-26-17-8-6-16(7-9-17)20(10-2-3-11-20)14-22-19(25)23-12-4-5-15(13-23)18(21)24/h6-9,15H,2-5,10-14H2,1H3,(H2,21,24)(H,22,25). The maximum atomic E-state index is 12.6. The lowest BCUT2D eigenvalue weighted by Gasteiger charge is -2.34. The molecule has 1 saturated carbocycles. The van der Waals surface area contributed by atoms with Crippen LogP contribution in [0.25, 0.3) is 0 Å². The maximum absolute atomic E-state index is 12.6. The van der Waals surface area contributed by atoms with Gasteiger partial charge in [0, 0.05) is 25.0 Å². The SMILES string of the molecule is COc1ccc(C2(CNC(=O)N3CCCC(C(N)=O)C3)CCCC2)cc1. The number of rotatable bonds is 5. The van der Waals surface area contributed by atoms with E-state index in [0.29, 0.717) is 19.6 Å². The second-order valence-corrected chi connectivity index (χ2v) is 7.56. The van der Waals surface area contributed by atoms with Crippen LogP contribution < -0.4 is 15.8 Å². The zero-order valence-electron chi connectivity index (χ0n) is 15.5. The minimum Gasteiger partial charge on any atom is -0.497 e. The minimum absolute atomic E-state index is 0.0131. The van der Waals surface area contributed by atoms with E-state index in [0.717, 1.165) is 31.4 Å². The normalized spacial score (nSPS) is 22.0. The Hall–Kier alpha value is -2.24. The van der Waals surface area contributed by atoms with Crippen molar-refractivity contribution in [3.63, 3.8) is 0 Å². The van der Waals surface area contributed by atoms with E-state index in [4.69, 9.17) is 10.5 Å². The first-order chi connectivity index (χ1) is 12.5. The van der Waals surface area contributed by atoms with Crippen LogP contribution >= 0.6 is 0 Å². The van der Waals surface area contributed by atoms with Crippen LogP contribution in [0.4, 0.5) is 4.79 Å². The first-order valence-corrected chi connectivity index (χ1v) is 9.51. The molecule has 1 aromatic carbocycles. The van der Waals surface area contributed by atoms with E-state index >= 15 is 0 Å². The number of amides is 3. The number of hydrogen-bond acceptors (Lipinski definition) is 3. The Morgan fingerprint density at radius 1 is 1.23 bits per heavy atom. The van der Waals surface area contributed by atoms with Gasteiger partial charge < -0.3 is 20.7 Å². The van der Waals surface area contributed by atoms with Crippen LogP contribution in [0.5, 0.6) is 5.75 Å². The zero-order valence-corrected chi connectivity index (χ0v) is 15.5. The molecule has 1 saturated heterocycles. The number of methoxy groups -OCH3 is 1. The highest BCUT2D eigenvalue weighted by Gasteiger charge is 2.36. The van der Waals surface area contributed by atoms with Crippen molar-refractivity contribution in [1.82, 2.24) is 10.2 Å². The van der Waals surface area contributed by atoms with Crippen LogP contribution in [0.1, 0.15) is 44.1 Å². The summed E-state index contributed by atoms with van der Waals surface area (Å²) in [5.41, 5.74) is 6.66. The Kier molecular flexibility index (Phi) is 5.69. The van der Waals surface area contributed by atoms with Gasteiger partial charge >= 0.3 is 6.03 Å². The Morgan fingerprint density at radius 3 is 2.54 bits per heavy atom. The molecule has 2 fully saturated rings. The van der Waals surface area contributed by atoms with Crippen LogP contribution in [0, 0.1) is 5.92 Å². The molecular formula is C20H29N3O3. The number of nitrogens with zero attached hydrogens (tertiary/aromatic N) is 1. The Bertz CT molecular complexity index is 638. The largest absolute Gasteiger partial charge is 0.497 e. The predicted octanol–water partition coefficient (Wildman–Crippen LogP) is 2.41. The minimum atomic E-state index is -0.312. The van der Waals surface area contributed by atoms with Crippen molar-refractivity contribution in [2.45, 2.75) is 43.9 Å². The number of carbonyl (C=O) groups excluding carboxylic acids is 2. The van der Waals surface area contributed by atoms with E-state index in [1.54, 1.807) is 12.0 Å².